The van der Waals surface area contributed by atoms with Crippen molar-refractivity contribution in [2.45, 2.75) is 33.1 Å². The number of anilines is 3. The second-order valence-corrected chi connectivity index (χ2v) is 10.0. The van der Waals surface area contributed by atoms with Crippen LogP contribution in [0.25, 0.3) is 0 Å². The minimum atomic E-state index is -0.362. The number of ether oxygens (including phenoxy) is 2. The normalized spacial score (nSPS) is 20.7. The first kappa shape index (κ1) is 28.5. The summed E-state index contributed by atoms with van der Waals surface area (Å²) < 4.78 is 10.6. The van der Waals surface area contributed by atoms with Gasteiger partial charge in [0, 0.05) is 56.5 Å². The molecule has 3 N–H and O–H groups in total. The van der Waals surface area contributed by atoms with Crippen molar-refractivity contribution in [1.82, 2.24) is 9.97 Å². The summed E-state index contributed by atoms with van der Waals surface area (Å²) in [6.45, 7) is 7.47. The maximum atomic E-state index is 11.0. The Labute approximate surface area is 218 Å². The molecule has 0 amide bonds. The largest absolute Gasteiger partial charge is 0.400 e. The van der Waals surface area contributed by atoms with Gasteiger partial charge in [-0.3, -0.25) is 20.1 Å². The molecule has 6 rings (SSSR count). The molecule has 4 aliphatic heterocycles. The van der Waals surface area contributed by atoms with Gasteiger partial charge in [0.15, 0.2) is 0 Å². The lowest BCUT2D eigenvalue weighted by Gasteiger charge is -2.47. The van der Waals surface area contributed by atoms with Crippen molar-refractivity contribution in [1.29, 1.82) is 0 Å². The Morgan fingerprint density at radius 3 is 1.70 bits per heavy atom. The molecule has 4 fully saturated rings. The molecular formula is C26H40N6O5. The Morgan fingerprint density at radius 1 is 0.865 bits per heavy atom. The third-order valence-electron chi connectivity index (χ3n) is 7.76. The quantitative estimate of drug-likeness (QED) is 0.462. The van der Waals surface area contributed by atoms with Crippen LogP contribution in [0.15, 0.2) is 36.9 Å². The Morgan fingerprint density at radius 2 is 1.30 bits per heavy atom. The minimum Gasteiger partial charge on any atom is -0.400 e. The topological polar surface area (TPSA) is 140 Å². The molecule has 11 heteroatoms. The van der Waals surface area contributed by atoms with Gasteiger partial charge in [0.2, 0.25) is 0 Å². The number of piperidine rings is 2. The summed E-state index contributed by atoms with van der Waals surface area (Å²) in [4.78, 5) is 22.9. The van der Waals surface area contributed by atoms with Crippen LogP contribution in [0, 0.1) is 20.9 Å². The van der Waals surface area contributed by atoms with Crippen LogP contribution in [0.4, 0.5) is 22.7 Å². The van der Waals surface area contributed by atoms with Crippen LogP contribution in [0.2, 0.25) is 0 Å². The van der Waals surface area contributed by atoms with E-state index in [1.54, 1.807) is 18.5 Å². The van der Waals surface area contributed by atoms with Gasteiger partial charge >= 0.3 is 5.69 Å². The minimum absolute atomic E-state index is 0. The molecule has 2 aromatic heterocycles. The smallest absolute Gasteiger partial charge is 0.310 e. The number of pyridine rings is 2. The number of rotatable bonds is 3. The number of hydrogen-bond acceptors (Lipinski definition) is 10. The highest BCUT2D eigenvalue weighted by molar-refractivity contribution is 5.66. The van der Waals surface area contributed by atoms with Gasteiger partial charge in [-0.25, -0.2) is 0 Å². The molecule has 0 saturated carbocycles. The fourth-order valence-electron chi connectivity index (χ4n) is 5.28. The van der Waals surface area contributed by atoms with Gasteiger partial charge in [-0.1, -0.05) is 7.43 Å². The maximum Gasteiger partial charge on any atom is 0.310 e. The summed E-state index contributed by atoms with van der Waals surface area (Å²) in [6.07, 6.45) is 11.0. The molecule has 11 nitrogen and oxygen atoms in total. The highest BCUT2D eigenvalue weighted by Crippen LogP contribution is 2.41. The van der Waals surface area contributed by atoms with Crippen LogP contribution in [-0.2, 0) is 9.47 Å². The third kappa shape index (κ3) is 6.28. The third-order valence-corrected chi connectivity index (χ3v) is 7.76. The molecular weight excluding hydrogens is 476 g/mol. The zero-order valence-electron chi connectivity index (χ0n) is 20.8. The van der Waals surface area contributed by atoms with Crippen molar-refractivity contribution in [3.63, 3.8) is 0 Å². The number of aliphatic hydroxyl groups is 1. The number of aromatic nitrogens is 2. The highest BCUT2D eigenvalue weighted by Gasteiger charge is 2.42. The van der Waals surface area contributed by atoms with Crippen LogP contribution in [0.5, 0.6) is 0 Å². The Bertz CT molecular complexity index is 1010. The van der Waals surface area contributed by atoms with E-state index < -0.39 is 0 Å². The lowest BCUT2D eigenvalue weighted by molar-refractivity contribution is -0.384. The van der Waals surface area contributed by atoms with E-state index in [-0.39, 0.29) is 18.0 Å². The molecule has 0 radical (unpaired) electrons. The summed E-state index contributed by atoms with van der Waals surface area (Å²) in [6, 6.07) is 3.73. The van der Waals surface area contributed by atoms with Gasteiger partial charge in [-0.05, 0) is 37.8 Å². The van der Waals surface area contributed by atoms with Gasteiger partial charge in [0.05, 0.1) is 48.9 Å². The van der Waals surface area contributed by atoms with Crippen LogP contribution < -0.4 is 15.5 Å². The molecule has 4 saturated heterocycles. The first-order valence-electron chi connectivity index (χ1n) is 12.4. The molecule has 0 atom stereocenters. The summed E-state index contributed by atoms with van der Waals surface area (Å²) in [5, 5.41) is 18.0. The standard InChI is InChI=1S/C12H15N3O3.C12H17N3O.CH4O.CH4/c16-15(17)11-7-13-4-1-10(11)14-5-2-12(3-6-14)8-18-9-12;13-10-7-14-4-1-11(10)15-5-2-12(3-6-15)8-16-9-12;1-2;/h1,4,7H,2-3,5-6,8-9H2;1,4,7H,2-3,5-6,8-9,13H2;2H,1H3;1H4. The predicted molar refractivity (Wildman–Crippen MR) is 144 cm³/mol. The average molecular weight is 517 g/mol. The highest BCUT2D eigenvalue weighted by atomic mass is 16.6. The molecule has 0 aliphatic carbocycles. The monoisotopic (exact) mass is 516 g/mol. The zero-order valence-corrected chi connectivity index (χ0v) is 20.8. The van der Waals surface area contributed by atoms with E-state index in [1.807, 2.05) is 12.3 Å². The molecule has 2 spiro atoms. The average Bonchev–Trinajstić information content (AvgIpc) is 2.89. The van der Waals surface area contributed by atoms with E-state index in [2.05, 4.69) is 19.8 Å². The number of nitrogens with zero attached hydrogens (tertiary/aromatic N) is 5. The fourth-order valence-corrected chi connectivity index (χ4v) is 5.28. The first-order chi connectivity index (χ1) is 17.5. The van der Waals surface area contributed by atoms with Gasteiger partial charge in [-0.15, -0.1) is 0 Å². The van der Waals surface area contributed by atoms with Gasteiger partial charge < -0.3 is 30.1 Å². The second kappa shape index (κ2) is 12.5. The van der Waals surface area contributed by atoms with Crippen molar-refractivity contribution in [3.8, 4) is 0 Å². The van der Waals surface area contributed by atoms with E-state index in [0.717, 1.165) is 83.9 Å². The Hall–Kier alpha value is -3.02. The van der Waals surface area contributed by atoms with Crippen molar-refractivity contribution >= 4 is 22.7 Å². The first-order valence-corrected chi connectivity index (χ1v) is 12.4. The van der Waals surface area contributed by atoms with E-state index in [4.69, 9.17) is 20.3 Å². The van der Waals surface area contributed by atoms with Gasteiger partial charge in [0.1, 0.15) is 11.9 Å². The molecule has 4 aliphatic rings. The molecule has 0 bridgehead atoms. The molecule has 2 aromatic rings. The zero-order chi connectivity index (χ0) is 25.6. The molecule has 6 heterocycles. The van der Waals surface area contributed by atoms with Crippen molar-refractivity contribution < 1.29 is 19.5 Å². The van der Waals surface area contributed by atoms with Crippen LogP contribution >= 0.6 is 0 Å². The lowest BCUT2D eigenvalue weighted by Crippen LogP contribution is -2.51. The second-order valence-electron chi connectivity index (χ2n) is 10.0. The van der Waals surface area contributed by atoms with Crippen LogP contribution in [-0.4, -0.2) is 79.7 Å². The van der Waals surface area contributed by atoms with Crippen molar-refractivity contribution in [2.24, 2.45) is 10.8 Å². The lowest BCUT2D eigenvalue weighted by atomic mass is 9.77. The van der Waals surface area contributed by atoms with Crippen LogP contribution in [0.1, 0.15) is 33.1 Å². The molecule has 0 unspecified atom stereocenters. The van der Waals surface area contributed by atoms with Gasteiger partial charge in [0.25, 0.3) is 0 Å². The molecule has 37 heavy (non-hydrogen) atoms. The molecule has 0 aromatic carbocycles. The predicted octanol–water partition coefficient (Wildman–Crippen LogP) is 3.13. The van der Waals surface area contributed by atoms with Crippen molar-refractivity contribution in [3.05, 3.63) is 47.0 Å². The summed E-state index contributed by atoms with van der Waals surface area (Å²) in [5.74, 6) is 0. The van der Waals surface area contributed by atoms with Crippen LogP contribution in [0.3, 0.4) is 0 Å². The number of hydrogen-bond donors (Lipinski definition) is 2. The summed E-state index contributed by atoms with van der Waals surface area (Å²) >= 11 is 0. The number of nitrogens with two attached hydrogens (primary N) is 1. The summed E-state index contributed by atoms with van der Waals surface area (Å²) in [5.41, 5.74) is 9.46. The van der Waals surface area contributed by atoms with E-state index in [9.17, 15) is 10.1 Å². The summed E-state index contributed by atoms with van der Waals surface area (Å²) in [7, 11) is 1.00. The van der Waals surface area contributed by atoms with Crippen molar-refractivity contribution in [2.75, 3.05) is 75.2 Å². The number of nitro groups is 1. The number of aliphatic hydroxyl groups excluding tert-OH is 1. The van der Waals surface area contributed by atoms with E-state index in [0.29, 0.717) is 16.5 Å². The maximum absolute atomic E-state index is 11.0. The Balaban J connectivity index is 0.000000189. The number of nitrogen functional groups attached to an aromatic ring is 1. The SMILES string of the molecule is C.CO.Nc1cnccc1N1CCC2(CC1)COC2.O=[N+]([O-])c1cnccc1N1CCC2(CC1)COC2. The van der Waals surface area contributed by atoms with E-state index >= 15 is 0 Å². The van der Waals surface area contributed by atoms with Gasteiger partial charge in [-0.2, -0.15) is 0 Å². The fraction of sp³-hybridized carbons (Fsp3) is 0.615. The molecule has 204 valence electrons. The van der Waals surface area contributed by atoms with E-state index in [1.165, 1.54) is 19.0 Å². The Kier molecular flexibility index (Phi) is 9.63.